The first-order valence-electron chi connectivity index (χ1n) is 5.81. The van der Waals surface area contributed by atoms with Crippen molar-refractivity contribution < 1.29 is 0 Å². The summed E-state index contributed by atoms with van der Waals surface area (Å²) >= 11 is 4.92. The molecule has 0 aromatic carbocycles. The lowest BCUT2D eigenvalue weighted by atomic mass is 10.2. The van der Waals surface area contributed by atoms with Crippen LogP contribution in [-0.2, 0) is 0 Å². The van der Waals surface area contributed by atoms with Crippen LogP contribution in [0.3, 0.4) is 0 Å². The Morgan fingerprint density at radius 1 is 1.53 bits per heavy atom. The van der Waals surface area contributed by atoms with Gasteiger partial charge in [0, 0.05) is 19.5 Å². The molecule has 0 amide bonds. The van der Waals surface area contributed by atoms with E-state index in [0.717, 1.165) is 24.5 Å². The molecule has 0 aliphatic rings. The molecule has 0 saturated carbocycles. The molecule has 0 atom stereocenters. The van der Waals surface area contributed by atoms with Crippen LogP contribution in [0.5, 0.6) is 0 Å². The number of aryl methyl sites for hydroxylation is 1. The van der Waals surface area contributed by atoms with Gasteiger partial charge in [-0.15, -0.1) is 5.10 Å². The number of aromatic nitrogens is 2. The average Bonchev–Trinajstić information content (AvgIpc) is 2.23. The summed E-state index contributed by atoms with van der Waals surface area (Å²) in [7, 11) is 0. The minimum atomic E-state index is 0.541. The molecule has 0 spiro atoms. The predicted molar refractivity (Wildman–Crippen MR) is 75.2 cm³/mol. The largest absolute Gasteiger partial charge is 0.393 e. The van der Waals surface area contributed by atoms with Gasteiger partial charge in [-0.1, -0.05) is 26.1 Å². The highest BCUT2D eigenvalue weighted by atomic mass is 32.1. The van der Waals surface area contributed by atoms with E-state index in [9.17, 15) is 0 Å². The zero-order valence-corrected chi connectivity index (χ0v) is 11.5. The first-order chi connectivity index (χ1) is 7.99. The fourth-order valence-corrected chi connectivity index (χ4v) is 1.68. The second-order valence-corrected chi connectivity index (χ2v) is 5.17. The highest BCUT2D eigenvalue weighted by Crippen LogP contribution is 2.13. The third kappa shape index (κ3) is 5.08. The maximum atomic E-state index is 5.55. The zero-order chi connectivity index (χ0) is 12.8. The second kappa shape index (κ2) is 6.49. The summed E-state index contributed by atoms with van der Waals surface area (Å²) in [6.07, 6.45) is 2.46. The minimum absolute atomic E-state index is 0.541. The Kier molecular flexibility index (Phi) is 5.28. The lowest BCUT2D eigenvalue weighted by Gasteiger charge is -2.25. The molecule has 0 unspecified atom stereocenters. The van der Waals surface area contributed by atoms with Crippen molar-refractivity contribution in [1.29, 1.82) is 0 Å². The van der Waals surface area contributed by atoms with Gasteiger partial charge in [-0.05, 0) is 24.5 Å². The summed E-state index contributed by atoms with van der Waals surface area (Å²) < 4.78 is 0. The van der Waals surface area contributed by atoms with Crippen LogP contribution in [0.15, 0.2) is 12.3 Å². The van der Waals surface area contributed by atoms with Crippen molar-refractivity contribution in [3.8, 4) is 0 Å². The monoisotopic (exact) mass is 252 g/mol. The maximum absolute atomic E-state index is 5.55. The van der Waals surface area contributed by atoms with Gasteiger partial charge < -0.3 is 10.6 Å². The molecule has 17 heavy (non-hydrogen) atoms. The summed E-state index contributed by atoms with van der Waals surface area (Å²) in [6, 6.07) is 2.04. The Morgan fingerprint density at radius 2 is 2.24 bits per heavy atom. The van der Waals surface area contributed by atoms with Gasteiger partial charge in [0.15, 0.2) is 5.82 Å². The molecular weight excluding hydrogens is 232 g/mol. The molecule has 0 aliphatic heterocycles. The number of hydrogen-bond donors (Lipinski definition) is 1. The molecule has 1 rings (SSSR count). The number of anilines is 1. The fourth-order valence-electron chi connectivity index (χ4n) is 1.59. The first kappa shape index (κ1) is 13.8. The lowest BCUT2D eigenvalue weighted by Crippen LogP contribution is -2.31. The van der Waals surface area contributed by atoms with Crippen LogP contribution in [0, 0.1) is 12.8 Å². The van der Waals surface area contributed by atoms with E-state index in [1.807, 2.05) is 13.0 Å². The molecule has 0 radical (unpaired) electrons. The molecule has 0 aliphatic carbocycles. The molecule has 5 heteroatoms. The van der Waals surface area contributed by atoms with Gasteiger partial charge in [0.2, 0.25) is 0 Å². The van der Waals surface area contributed by atoms with E-state index in [4.69, 9.17) is 18.0 Å². The molecule has 1 heterocycles. The molecule has 1 aromatic rings. The molecule has 2 N–H and O–H groups in total. The lowest BCUT2D eigenvalue weighted by molar-refractivity contribution is 0.606. The van der Waals surface area contributed by atoms with E-state index in [1.54, 1.807) is 6.20 Å². The van der Waals surface area contributed by atoms with Gasteiger partial charge in [0.1, 0.15) is 0 Å². The smallest absolute Gasteiger partial charge is 0.151 e. The molecule has 1 aromatic heterocycles. The first-order valence-corrected chi connectivity index (χ1v) is 6.22. The van der Waals surface area contributed by atoms with Crippen molar-refractivity contribution in [2.75, 3.05) is 18.0 Å². The molecule has 0 saturated heterocycles. The Labute approximate surface area is 108 Å². The van der Waals surface area contributed by atoms with E-state index >= 15 is 0 Å². The van der Waals surface area contributed by atoms with Crippen LogP contribution in [0.4, 0.5) is 5.82 Å². The number of rotatable bonds is 6. The highest BCUT2D eigenvalue weighted by Gasteiger charge is 2.10. The van der Waals surface area contributed by atoms with Crippen LogP contribution in [0.2, 0.25) is 0 Å². The van der Waals surface area contributed by atoms with Crippen molar-refractivity contribution in [1.82, 2.24) is 10.2 Å². The third-order valence-corrected chi connectivity index (χ3v) is 2.52. The third-order valence-electron chi connectivity index (χ3n) is 2.32. The van der Waals surface area contributed by atoms with Crippen LogP contribution >= 0.6 is 12.2 Å². The average molecular weight is 252 g/mol. The van der Waals surface area contributed by atoms with Crippen molar-refractivity contribution >= 4 is 23.0 Å². The van der Waals surface area contributed by atoms with Gasteiger partial charge in [-0.25, -0.2) is 0 Å². The van der Waals surface area contributed by atoms with E-state index in [-0.39, 0.29) is 0 Å². The van der Waals surface area contributed by atoms with Crippen LogP contribution in [0.1, 0.15) is 25.8 Å². The van der Waals surface area contributed by atoms with Crippen LogP contribution < -0.4 is 10.6 Å². The van der Waals surface area contributed by atoms with E-state index in [2.05, 4.69) is 28.9 Å². The number of nitrogens with zero attached hydrogens (tertiary/aromatic N) is 3. The Hall–Kier alpha value is -1.23. The van der Waals surface area contributed by atoms with Crippen molar-refractivity contribution in [3.05, 3.63) is 17.8 Å². The summed E-state index contributed by atoms with van der Waals surface area (Å²) in [5, 5.41) is 8.15. The molecule has 0 bridgehead atoms. The van der Waals surface area contributed by atoms with Gasteiger partial charge in [-0.2, -0.15) is 5.10 Å². The predicted octanol–water partition coefficient (Wildman–Crippen LogP) is 1.92. The zero-order valence-electron chi connectivity index (χ0n) is 10.7. The normalized spacial score (nSPS) is 10.6. The second-order valence-electron chi connectivity index (χ2n) is 4.65. The van der Waals surface area contributed by atoms with E-state index < -0.39 is 0 Å². The summed E-state index contributed by atoms with van der Waals surface area (Å²) in [4.78, 5) is 2.73. The van der Waals surface area contributed by atoms with Crippen molar-refractivity contribution in [2.24, 2.45) is 11.7 Å². The quantitative estimate of drug-likeness (QED) is 0.784. The van der Waals surface area contributed by atoms with Crippen LogP contribution in [-0.4, -0.2) is 28.3 Å². The summed E-state index contributed by atoms with van der Waals surface area (Å²) in [5.74, 6) is 1.46. The Bertz CT molecular complexity index is 379. The molecule has 4 nitrogen and oxygen atoms in total. The van der Waals surface area contributed by atoms with Crippen molar-refractivity contribution in [2.45, 2.75) is 27.2 Å². The number of nitrogens with two attached hydrogens (primary N) is 1. The van der Waals surface area contributed by atoms with Gasteiger partial charge in [-0.3, -0.25) is 0 Å². The van der Waals surface area contributed by atoms with Crippen LogP contribution in [0.25, 0.3) is 0 Å². The summed E-state index contributed by atoms with van der Waals surface area (Å²) in [5.41, 5.74) is 6.66. The van der Waals surface area contributed by atoms with Gasteiger partial charge >= 0.3 is 0 Å². The fraction of sp³-hybridized carbons (Fsp3) is 0.583. The van der Waals surface area contributed by atoms with E-state index in [0.29, 0.717) is 17.3 Å². The Morgan fingerprint density at radius 3 is 2.76 bits per heavy atom. The van der Waals surface area contributed by atoms with Gasteiger partial charge in [0.05, 0.1) is 11.2 Å². The maximum Gasteiger partial charge on any atom is 0.151 e. The van der Waals surface area contributed by atoms with E-state index in [1.165, 1.54) is 0 Å². The number of thiocarbonyl (C=S) groups is 1. The molecule has 0 fully saturated rings. The highest BCUT2D eigenvalue weighted by molar-refractivity contribution is 7.80. The van der Waals surface area contributed by atoms with Gasteiger partial charge in [0.25, 0.3) is 0 Å². The SMILES string of the molecule is Cc1cnnc(N(CCC(N)=S)CC(C)C)c1. The summed E-state index contributed by atoms with van der Waals surface area (Å²) in [6.45, 7) is 8.10. The van der Waals surface area contributed by atoms with Crippen molar-refractivity contribution in [3.63, 3.8) is 0 Å². The molecular formula is C12H20N4S. The minimum Gasteiger partial charge on any atom is -0.393 e. The molecule has 94 valence electrons. The topological polar surface area (TPSA) is 55.0 Å². The Balaban J connectivity index is 2.77. The standard InChI is InChI=1S/C12H20N4S/c1-9(2)8-16(5-4-11(13)17)12-6-10(3)7-14-15-12/h6-7,9H,4-5,8H2,1-3H3,(H2,13,17). The number of hydrogen-bond acceptors (Lipinski definition) is 4.